The molecule has 0 bridgehead atoms. The molecule has 0 spiro atoms. The van der Waals surface area contributed by atoms with Crippen molar-refractivity contribution in [3.63, 3.8) is 0 Å². The minimum absolute atomic E-state index is 0.922. The molecule has 1 rings (SSSR count). The van der Waals surface area contributed by atoms with Gasteiger partial charge in [-0.3, -0.25) is 0 Å². The van der Waals surface area contributed by atoms with E-state index in [4.69, 9.17) is 4.74 Å². The molecule has 0 aliphatic carbocycles. The molecule has 0 unspecified atom stereocenters. The molecule has 0 heterocycles. The first kappa shape index (κ1) is 10.1. The van der Waals surface area contributed by atoms with Crippen LogP contribution < -0.4 is 10.1 Å². The third kappa shape index (κ3) is 3.47. The van der Waals surface area contributed by atoms with Crippen molar-refractivity contribution in [2.24, 2.45) is 0 Å². The molecule has 0 atom stereocenters. The van der Waals surface area contributed by atoms with Gasteiger partial charge >= 0.3 is 0 Å². The topological polar surface area (TPSA) is 21.3 Å². The molecule has 0 aliphatic rings. The number of methoxy groups -OCH3 is 1. The lowest BCUT2D eigenvalue weighted by Gasteiger charge is -2.05. The molecule has 1 aromatic carbocycles. The van der Waals surface area contributed by atoms with E-state index in [9.17, 15) is 0 Å². The van der Waals surface area contributed by atoms with Crippen molar-refractivity contribution in [2.45, 2.75) is 19.9 Å². The third-order valence-electron chi connectivity index (χ3n) is 1.89. The Hall–Kier alpha value is -1.02. The van der Waals surface area contributed by atoms with Gasteiger partial charge in [-0.25, -0.2) is 0 Å². The summed E-state index contributed by atoms with van der Waals surface area (Å²) in [5.41, 5.74) is 1.27. The van der Waals surface area contributed by atoms with Gasteiger partial charge in [0.25, 0.3) is 0 Å². The molecular formula is C11H17NO. The van der Waals surface area contributed by atoms with E-state index in [1.165, 1.54) is 12.0 Å². The van der Waals surface area contributed by atoms with Gasteiger partial charge in [0, 0.05) is 6.54 Å². The lowest BCUT2D eigenvalue weighted by atomic mass is 10.2. The lowest BCUT2D eigenvalue weighted by molar-refractivity contribution is 0.414. The van der Waals surface area contributed by atoms with Crippen LogP contribution in [-0.4, -0.2) is 13.7 Å². The fourth-order valence-electron chi connectivity index (χ4n) is 1.19. The van der Waals surface area contributed by atoms with E-state index in [0.29, 0.717) is 0 Å². The highest BCUT2D eigenvalue weighted by atomic mass is 16.5. The summed E-state index contributed by atoms with van der Waals surface area (Å²) in [6.45, 7) is 4.15. The van der Waals surface area contributed by atoms with Gasteiger partial charge in [-0.1, -0.05) is 19.1 Å². The van der Waals surface area contributed by atoms with Crippen molar-refractivity contribution in [3.8, 4) is 5.75 Å². The average molecular weight is 179 g/mol. The molecule has 0 aliphatic heterocycles. The zero-order chi connectivity index (χ0) is 9.52. The van der Waals surface area contributed by atoms with E-state index in [0.717, 1.165) is 18.8 Å². The molecule has 1 N–H and O–H groups in total. The predicted molar refractivity (Wildman–Crippen MR) is 55.0 cm³/mol. The summed E-state index contributed by atoms with van der Waals surface area (Å²) in [5, 5.41) is 3.35. The van der Waals surface area contributed by atoms with Crippen LogP contribution in [0.5, 0.6) is 5.75 Å². The zero-order valence-electron chi connectivity index (χ0n) is 8.34. The maximum atomic E-state index is 5.13. The van der Waals surface area contributed by atoms with Crippen molar-refractivity contribution in [1.82, 2.24) is 5.32 Å². The standard InChI is InChI=1S/C11H17NO/c1-3-7-12-9-10-5-4-6-11(8-10)13-2/h4-6,8,12H,3,7,9H2,1-2H3. The molecule has 72 valence electrons. The van der Waals surface area contributed by atoms with Gasteiger partial charge in [0.05, 0.1) is 7.11 Å². The van der Waals surface area contributed by atoms with Gasteiger partial charge in [-0.05, 0) is 30.7 Å². The van der Waals surface area contributed by atoms with Crippen LogP contribution in [0.4, 0.5) is 0 Å². The Morgan fingerprint density at radius 2 is 2.23 bits per heavy atom. The van der Waals surface area contributed by atoms with Gasteiger partial charge in [-0.2, -0.15) is 0 Å². The molecule has 0 aromatic heterocycles. The van der Waals surface area contributed by atoms with Crippen LogP contribution in [-0.2, 0) is 6.54 Å². The van der Waals surface area contributed by atoms with Crippen LogP contribution in [0.1, 0.15) is 18.9 Å². The second-order valence-electron chi connectivity index (χ2n) is 3.03. The molecule has 0 fully saturated rings. The van der Waals surface area contributed by atoms with Crippen LogP contribution in [0.25, 0.3) is 0 Å². The number of nitrogens with one attached hydrogen (secondary N) is 1. The van der Waals surface area contributed by atoms with Crippen molar-refractivity contribution < 1.29 is 4.74 Å². The molecule has 0 radical (unpaired) electrons. The Morgan fingerprint density at radius 3 is 2.92 bits per heavy atom. The van der Waals surface area contributed by atoms with E-state index in [1.807, 2.05) is 12.1 Å². The molecule has 0 amide bonds. The predicted octanol–water partition coefficient (Wildman–Crippen LogP) is 2.19. The summed E-state index contributed by atoms with van der Waals surface area (Å²) >= 11 is 0. The Bertz CT molecular complexity index is 248. The number of rotatable bonds is 5. The van der Waals surface area contributed by atoms with E-state index < -0.39 is 0 Å². The maximum absolute atomic E-state index is 5.13. The number of hydrogen-bond donors (Lipinski definition) is 1. The lowest BCUT2D eigenvalue weighted by Crippen LogP contribution is -2.13. The Morgan fingerprint density at radius 1 is 1.38 bits per heavy atom. The van der Waals surface area contributed by atoms with Crippen LogP contribution >= 0.6 is 0 Å². The van der Waals surface area contributed by atoms with Crippen LogP contribution in [0.15, 0.2) is 24.3 Å². The molecule has 0 saturated heterocycles. The highest BCUT2D eigenvalue weighted by Crippen LogP contribution is 2.11. The van der Waals surface area contributed by atoms with Gasteiger partial charge in [0.1, 0.15) is 5.75 Å². The molecule has 2 heteroatoms. The summed E-state index contributed by atoms with van der Waals surface area (Å²) < 4.78 is 5.13. The SMILES string of the molecule is CCCNCc1cccc(OC)c1. The number of benzene rings is 1. The van der Waals surface area contributed by atoms with Crippen molar-refractivity contribution in [2.75, 3.05) is 13.7 Å². The van der Waals surface area contributed by atoms with E-state index in [1.54, 1.807) is 7.11 Å². The number of ether oxygens (including phenoxy) is 1. The van der Waals surface area contributed by atoms with Crippen LogP contribution in [0, 0.1) is 0 Å². The second-order valence-corrected chi connectivity index (χ2v) is 3.03. The smallest absolute Gasteiger partial charge is 0.119 e. The summed E-state index contributed by atoms with van der Waals surface area (Å²) in [6.07, 6.45) is 1.17. The maximum Gasteiger partial charge on any atom is 0.119 e. The van der Waals surface area contributed by atoms with Crippen molar-refractivity contribution >= 4 is 0 Å². The summed E-state index contributed by atoms with van der Waals surface area (Å²) in [5.74, 6) is 0.927. The van der Waals surface area contributed by atoms with E-state index in [2.05, 4.69) is 24.4 Å². The van der Waals surface area contributed by atoms with Gasteiger partial charge in [-0.15, -0.1) is 0 Å². The second kappa shape index (κ2) is 5.60. The summed E-state index contributed by atoms with van der Waals surface area (Å²) in [7, 11) is 1.69. The largest absolute Gasteiger partial charge is 0.497 e. The van der Waals surface area contributed by atoms with Gasteiger partial charge in [0.2, 0.25) is 0 Å². The molecule has 0 saturated carbocycles. The average Bonchev–Trinajstić information content (AvgIpc) is 2.19. The third-order valence-corrected chi connectivity index (χ3v) is 1.89. The molecule has 13 heavy (non-hydrogen) atoms. The van der Waals surface area contributed by atoms with Crippen molar-refractivity contribution in [1.29, 1.82) is 0 Å². The minimum atomic E-state index is 0.922. The van der Waals surface area contributed by atoms with E-state index in [-0.39, 0.29) is 0 Å². The fraction of sp³-hybridized carbons (Fsp3) is 0.455. The monoisotopic (exact) mass is 179 g/mol. The summed E-state index contributed by atoms with van der Waals surface area (Å²) in [6, 6.07) is 8.14. The number of hydrogen-bond acceptors (Lipinski definition) is 2. The van der Waals surface area contributed by atoms with Gasteiger partial charge < -0.3 is 10.1 Å². The van der Waals surface area contributed by atoms with E-state index >= 15 is 0 Å². The molecule has 1 aromatic rings. The fourth-order valence-corrected chi connectivity index (χ4v) is 1.19. The normalized spacial score (nSPS) is 10.0. The summed E-state index contributed by atoms with van der Waals surface area (Å²) in [4.78, 5) is 0. The first-order chi connectivity index (χ1) is 6.36. The minimum Gasteiger partial charge on any atom is -0.497 e. The first-order valence-electron chi connectivity index (χ1n) is 4.70. The quantitative estimate of drug-likeness (QED) is 0.700. The van der Waals surface area contributed by atoms with Crippen molar-refractivity contribution in [3.05, 3.63) is 29.8 Å². The molecular weight excluding hydrogens is 162 g/mol. The van der Waals surface area contributed by atoms with Gasteiger partial charge in [0.15, 0.2) is 0 Å². The Labute approximate surface area is 79.9 Å². The zero-order valence-corrected chi connectivity index (χ0v) is 8.34. The van der Waals surface area contributed by atoms with Crippen LogP contribution in [0.2, 0.25) is 0 Å². The highest BCUT2D eigenvalue weighted by molar-refractivity contribution is 5.28. The van der Waals surface area contributed by atoms with Crippen LogP contribution in [0.3, 0.4) is 0 Å². The first-order valence-corrected chi connectivity index (χ1v) is 4.70. The highest BCUT2D eigenvalue weighted by Gasteiger charge is 1.94. The Kier molecular flexibility index (Phi) is 4.33. The Balaban J connectivity index is 2.46. The molecule has 2 nitrogen and oxygen atoms in total.